The molecule has 0 aliphatic heterocycles. The summed E-state index contributed by atoms with van der Waals surface area (Å²) in [6.45, 7) is 3.67. The van der Waals surface area contributed by atoms with E-state index in [1.165, 1.54) is 0 Å². The van der Waals surface area contributed by atoms with Gasteiger partial charge < -0.3 is 14.5 Å². The van der Waals surface area contributed by atoms with Crippen LogP contribution in [-0.4, -0.2) is 35.1 Å². The van der Waals surface area contributed by atoms with Gasteiger partial charge in [0, 0.05) is 17.9 Å². The van der Waals surface area contributed by atoms with E-state index < -0.39 is 22.5 Å². The molecule has 0 radical (unpaired) electrons. The number of halogens is 2. The van der Waals surface area contributed by atoms with Crippen LogP contribution in [0.25, 0.3) is 10.9 Å². The largest absolute Gasteiger partial charge is 0.466 e. The molecule has 0 bridgehead atoms. The van der Waals surface area contributed by atoms with Gasteiger partial charge >= 0.3 is 11.9 Å². The lowest BCUT2D eigenvalue weighted by Gasteiger charge is -2.06. The summed E-state index contributed by atoms with van der Waals surface area (Å²) in [5.41, 5.74) is 0.248. The molecule has 10 heteroatoms. The molecule has 1 N–H and O–H groups in total. The number of aromatic amines is 1. The number of nitrogens with one attached hydrogen (secondary N) is 1. The summed E-state index contributed by atoms with van der Waals surface area (Å²) in [5, 5.41) is 11.3. The minimum absolute atomic E-state index is 0.0315. The monoisotopic (exact) mass is 402 g/mol. The molecule has 0 spiro atoms. The normalized spacial score (nSPS) is 10.8. The molecule has 0 aliphatic rings. The topological polar surface area (TPSA) is 112 Å². The summed E-state index contributed by atoms with van der Waals surface area (Å²) in [7, 11) is 0. The SMILES string of the molecule is CCOC(=O)CCc1c(C(=O)OCC)[nH]c2c(Cl)cc([N+](=O)[O-])c(Cl)c12. The minimum atomic E-state index is -0.669. The van der Waals surface area contributed by atoms with Crippen molar-refractivity contribution >= 4 is 51.7 Å². The van der Waals surface area contributed by atoms with Gasteiger partial charge in [0.05, 0.1) is 28.7 Å². The Morgan fingerprint density at radius 2 is 1.88 bits per heavy atom. The van der Waals surface area contributed by atoms with Gasteiger partial charge in [-0.25, -0.2) is 4.79 Å². The molecule has 26 heavy (non-hydrogen) atoms. The highest BCUT2D eigenvalue weighted by Crippen LogP contribution is 2.40. The summed E-state index contributed by atoms with van der Waals surface area (Å²) in [6.07, 6.45) is 0.0357. The fraction of sp³-hybridized carbons (Fsp3) is 0.375. The van der Waals surface area contributed by atoms with E-state index >= 15 is 0 Å². The van der Waals surface area contributed by atoms with Crippen LogP contribution < -0.4 is 0 Å². The maximum atomic E-state index is 12.3. The van der Waals surface area contributed by atoms with Crippen molar-refractivity contribution in [1.29, 1.82) is 0 Å². The van der Waals surface area contributed by atoms with E-state index in [1.807, 2.05) is 0 Å². The molecule has 1 aromatic carbocycles. The number of esters is 2. The Kier molecular flexibility index (Phi) is 6.44. The molecule has 0 saturated heterocycles. The van der Waals surface area contributed by atoms with Gasteiger partial charge in [-0.3, -0.25) is 14.9 Å². The molecule has 0 amide bonds. The van der Waals surface area contributed by atoms with E-state index in [-0.39, 0.29) is 52.7 Å². The second kappa shape index (κ2) is 8.37. The van der Waals surface area contributed by atoms with Gasteiger partial charge in [-0.05, 0) is 25.8 Å². The highest BCUT2D eigenvalue weighted by Gasteiger charge is 2.27. The maximum Gasteiger partial charge on any atom is 0.355 e. The van der Waals surface area contributed by atoms with Crippen molar-refractivity contribution < 1.29 is 24.0 Å². The lowest BCUT2D eigenvalue weighted by atomic mass is 10.0. The third kappa shape index (κ3) is 3.91. The molecule has 0 atom stereocenters. The fourth-order valence-electron chi connectivity index (χ4n) is 2.56. The number of benzene rings is 1. The van der Waals surface area contributed by atoms with Crippen LogP contribution in [0.3, 0.4) is 0 Å². The van der Waals surface area contributed by atoms with Crippen molar-refractivity contribution in [2.75, 3.05) is 13.2 Å². The first-order chi connectivity index (χ1) is 12.3. The van der Waals surface area contributed by atoms with Gasteiger partial charge in [-0.15, -0.1) is 0 Å². The zero-order chi connectivity index (χ0) is 19.4. The molecule has 1 aromatic heterocycles. The molecule has 0 fully saturated rings. The molecule has 1 heterocycles. The van der Waals surface area contributed by atoms with Gasteiger partial charge in [0.25, 0.3) is 5.69 Å². The number of hydrogen-bond donors (Lipinski definition) is 1. The number of carbonyl (C=O) groups is 2. The Balaban J connectivity index is 2.65. The minimum Gasteiger partial charge on any atom is -0.466 e. The standard InChI is InChI=1S/C16H16Cl2N2O6/c1-3-25-11(21)6-5-8-12-13(18)10(20(23)24)7-9(17)15(12)19-14(8)16(22)26-4-2/h7,19H,3-6H2,1-2H3. The van der Waals surface area contributed by atoms with E-state index in [4.69, 9.17) is 32.7 Å². The first-order valence-electron chi connectivity index (χ1n) is 7.81. The molecular formula is C16H16Cl2N2O6. The number of nitro groups is 1. The highest BCUT2D eigenvalue weighted by molar-refractivity contribution is 6.42. The Morgan fingerprint density at radius 3 is 2.46 bits per heavy atom. The predicted molar refractivity (Wildman–Crippen MR) is 95.9 cm³/mol. The van der Waals surface area contributed by atoms with Crippen LogP contribution in [-0.2, 0) is 20.7 Å². The summed E-state index contributed by atoms with van der Waals surface area (Å²) < 4.78 is 9.89. The number of rotatable bonds is 7. The number of ether oxygens (including phenoxy) is 2. The van der Waals surface area contributed by atoms with Gasteiger partial charge in [-0.1, -0.05) is 23.2 Å². The molecule has 140 valence electrons. The van der Waals surface area contributed by atoms with Crippen LogP contribution in [0.1, 0.15) is 36.3 Å². The van der Waals surface area contributed by atoms with Crippen molar-refractivity contribution in [2.45, 2.75) is 26.7 Å². The van der Waals surface area contributed by atoms with Gasteiger partial charge in [-0.2, -0.15) is 0 Å². The fourth-order valence-corrected chi connectivity index (χ4v) is 3.14. The number of carbonyl (C=O) groups excluding carboxylic acids is 2. The number of aryl methyl sites for hydroxylation is 1. The van der Waals surface area contributed by atoms with Crippen LogP contribution in [0.5, 0.6) is 0 Å². The summed E-state index contributed by atoms with van der Waals surface area (Å²) >= 11 is 12.3. The van der Waals surface area contributed by atoms with E-state index in [1.54, 1.807) is 13.8 Å². The average Bonchev–Trinajstić information content (AvgIpc) is 2.97. The van der Waals surface area contributed by atoms with E-state index in [9.17, 15) is 19.7 Å². The van der Waals surface area contributed by atoms with E-state index in [2.05, 4.69) is 4.98 Å². The smallest absolute Gasteiger partial charge is 0.355 e. The lowest BCUT2D eigenvalue weighted by Crippen LogP contribution is -2.10. The van der Waals surface area contributed by atoms with Crippen molar-refractivity contribution in [3.05, 3.63) is 37.5 Å². The van der Waals surface area contributed by atoms with Crippen LogP contribution in [0.2, 0.25) is 10.0 Å². The van der Waals surface area contributed by atoms with Gasteiger partial charge in [0.1, 0.15) is 10.7 Å². The summed E-state index contributed by atoms with van der Waals surface area (Å²) in [6, 6.07) is 1.10. The zero-order valence-electron chi connectivity index (χ0n) is 14.1. The Hall–Kier alpha value is -2.32. The van der Waals surface area contributed by atoms with Crippen LogP contribution in [0.4, 0.5) is 5.69 Å². The average molecular weight is 403 g/mol. The third-order valence-electron chi connectivity index (χ3n) is 3.61. The van der Waals surface area contributed by atoms with Crippen LogP contribution in [0, 0.1) is 10.1 Å². The Morgan fingerprint density at radius 1 is 1.23 bits per heavy atom. The maximum absolute atomic E-state index is 12.3. The Bertz CT molecular complexity index is 877. The van der Waals surface area contributed by atoms with Gasteiger partial charge in [0.15, 0.2) is 0 Å². The first kappa shape index (κ1) is 20.0. The highest BCUT2D eigenvalue weighted by atomic mass is 35.5. The van der Waals surface area contributed by atoms with E-state index in [0.717, 1.165) is 6.07 Å². The van der Waals surface area contributed by atoms with Crippen molar-refractivity contribution in [1.82, 2.24) is 4.98 Å². The first-order valence-corrected chi connectivity index (χ1v) is 8.57. The number of H-pyrrole nitrogens is 1. The number of fused-ring (bicyclic) bond motifs is 1. The zero-order valence-corrected chi connectivity index (χ0v) is 15.6. The molecule has 0 saturated carbocycles. The van der Waals surface area contributed by atoms with Crippen molar-refractivity contribution in [3.63, 3.8) is 0 Å². The summed E-state index contributed by atoms with van der Waals surface area (Å²) in [4.78, 5) is 37.3. The number of hydrogen-bond acceptors (Lipinski definition) is 6. The molecule has 0 aliphatic carbocycles. The number of aromatic nitrogens is 1. The molecule has 2 rings (SSSR count). The van der Waals surface area contributed by atoms with E-state index in [0.29, 0.717) is 5.56 Å². The predicted octanol–water partition coefficient (Wildman–Crippen LogP) is 4.06. The summed E-state index contributed by atoms with van der Waals surface area (Å²) in [5.74, 6) is -1.14. The molecule has 0 unspecified atom stereocenters. The quantitative estimate of drug-likeness (QED) is 0.424. The second-order valence-corrected chi connectivity index (χ2v) is 5.99. The number of nitrogens with zero attached hydrogens (tertiary/aromatic N) is 1. The van der Waals surface area contributed by atoms with Crippen LogP contribution >= 0.6 is 23.2 Å². The molecule has 8 nitrogen and oxygen atoms in total. The molecular weight excluding hydrogens is 387 g/mol. The van der Waals surface area contributed by atoms with Crippen molar-refractivity contribution in [3.8, 4) is 0 Å². The van der Waals surface area contributed by atoms with Crippen LogP contribution in [0.15, 0.2) is 6.07 Å². The third-order valence-corrected chi connectivity index (χ3v) is 4.29. The number of nitro benzene ring substituents is 1. The Labute approximate surface area is 158 Å². The lowest BCUT2D eigenvalue weighted by molar-refractivity contribution is -0.384. The van der Waals surface area contributed by atoms with Gasteiger partial charge in [0.2, 0.25) is 0 Å². The molecule has 2 aromatic rings. The second-order valence-electron chi connectivity index (χ2n) is 5.20. The van der Waals surface area contributed by atoms with Crippen molar-refractivity contribution in [2.24, 2.45) is 0 Å².